The molecule has 106 valence electrons. The van der Waals surface area contributed by atoms with Crippen molar-refractivity contribution in [1.29, 1.82) is 0 Å². The van der Waals surface area contributed by atoms with E-state index in [2.05, 4.69) is 5.32 Å². The largest absolute Gasteiger partial charge is 0.444 e. The molecule has 4 heteroatoms. The summed E-state index contributed by atoms with van der Waals surface area (Å²) in [6.07, 6.45) is -0.314. The van der Waals surface area contributed by atoms with Crippen LogP contribution in [0.15, 0.2) is 18.2 Å². The maximum absolute atomic E-state index is 11.7. The van der Waals surface area contributed by atoms with Crippen LogP contribution < -0.4 is 5.32 Å². The van der Waals surface area contributed by atoms with Gasteiger partial charge in [-0.2, -0.15) is 0 Å². The minimum Gasteiger partial charge on any atom is -0.444 e. The minimum atomic E-state index is -0.519. The van der Waals surface area contributed by atoms with Crippen LogP contribution >= 0.6 is 0 Å². The van der Waals surface area contributed by atoms with Gasteiger partial charge in [-0.25, -0.2) is 4.79 Å². The Balaban J connectivity index is 2.79. The van der Waals surface area contributed by atoms with E-state index in [4.69, 9.17) is 4.74 Å². The summed E-state index contributed by atoms with van der Waals surface area (Å²) in [6, 6.07) is 5.73. The van der Waals surface area contributed by atoms with E-state index in [1.54, 1.807) is 6.92 Å². The molecule has 0 saturated heterocycles. The van der Waals surface area contributed by atoms with E-state index in [1.807, 2.05) is 45.9 Å². The number of anilines is 1. The van der Waals surface area contributed by atoms with Crippen molar-refractivity contribution < 1.29 is 14.6 Å². The highest BCUT2D eigenvalue weighted by Crippen LogP contribution is 2.19. The highest BCUT2D eigenvalue weighted by Gasteiger charge is 2.16. The summed E-state index contributed by atoms with van der Waals surface area (Å²) in [5, 5.41) is 12.1. The summed E-state index contributed by atoms with van der Waals surface area (Å²) in [4.78, 5) is 11.7. The fourth-order valence-electron chi connectivity index (χ4n) is 1.69. The molecule has 0 aliphatic rings. The van der Waals surface area contributed by atoms with Crippen LogP contribution in [0.2, 0.25) is 0 Å². The zero-order chi connectivity index (χ0) is 14.6. The van der Waals surface area contributed by atoms with Crippen LogP contribution in [-0.2, 0) is 11.2 Å². The summed E-state index contributed by atoms with van der Waals surface area (Å²) < 4.78 is 5.22. The fourth-order valence-corrected chi connectivity index (χ4v) is 1.69. The van der Waals surface area contributed by atoms with Crippen molar-refractivity contribution in [3.05, 3.63) is 29.3 Å². The lowest BCUT2D eigenvalue weighted by atomic mass is 10.1. The molecule has 0 aromatic heterocycles. The Kier molecular flexibility index (Phi) is 4.95. The molecule has 0 spiro atoms. The molecule has 0 saturated carbocycles. The molecule has 0 radical (unpaired) electrons. The first-order chi connectivity index (χ1) is 8.67. The van der Waals surface area contributed by atoms with Gasteiger partial charge in [0.15, 0.2) is 0 Å². The Bertz CT molecular complexity index is 447. The van der Waals surface area contributed by atoms with Gasteiger partial charge in [0.2, 0.25) is 0 Å². The van der Waals surface area contributed by atoms with Gasteiger partial charge in [-0.15, -0.1) is 0 Å². The molecule has 0 aliphatic heterocycles. The summed E-state index contributed by atoms with van der Waals surface area (Å²) >= 11 is 0. The van der Waals surface area contributed by atoms with E-state index in [1.165, 1.54) is 0 Å². The number of carbonyl (C=O) groups is 1. The molecular weight excluding hydrogens is 242 g/mol. The van der Waals surface area contributed by atoms with Gasteiger partial charge < -0.3 is 9.84 Å². The molecule has 1 amide bonds. The molecule has 1 aromatic carbocycles. The zero-order valence-electron chi connectivity index (χ0n) is 12.3. The Hall–Kier alpha value is -1.55. The van der Waals surface area contributed by atoms with Crippen molar-refractivity contribution in [2.75, 3.05) is 5.32 Å². The fraction of sp³-hybridized carbons (Fsp3) is 0.533. The van der Waals surface area contributed by atoms with Crippen molar-refractivity contribution >= 4 is 11.8 Å². The monoisotopic (exact) mass is 265 g/mol. The summed E-state index contributed by atoms with van der Waals surface area (Å²) in [7, 11) is 0. The van der Waals surface area contributed by atoms with Gasteiger partial charge >= 0.3 is 6.09 Å². The minimum absolute atomic E-state index is 0.405. The second-order valence-corrected chi connectivity index (χ2v) is 5.83. The Morgan fingerprint density at radius 3 is 2.58 bits per heavy atom. The molecule has 0 fully saturated rings. The lowest BCUT2D eigenvalue weighted by Gasteiger charge is -2.20. The number of aryl methyl sites for hydroxylation is 1. The smallest absolute Gasteiger partial charge is 0.412 e. The van der Waals surface area contributed by atoms with E-state index < -0.39 is 17.8 Å². The number of hydrogen-bond donors (Lipinski definition) is 2. The predicted octanol–water partition coefficient (Wildman–Crippen LogP) is 3.27. The lowest BCUT2D eigenvalue weighted by molar-refractivity contribution is 0.0636. The number of benzene rings is 1. The molecule has 4 nitrogen and oxygen atoms in total. The average Bonchev–Trinajstić information content (AvgIpc) is 2.19. The maximum Gasteiger partial charge on any atom is 0.412 e. The number of aliphatic hydroxyl groups excluding tert-OH is 1. The molecular formula is C15H23NO3. The molecule has 0 heterocycles. The van der Waals surface area contributed by atoms with Crippen molar-refractivity contribution in [1.82, 2.24) is 0 Å². The van der Waals surface area contributed by atoms with Gasteiger partial charge in [-0.3, -0.25) is 5.32 Å². The number of nitrogens with one attached hydrogen (secondary N) is 1. The van der Waals surface area contributed by atoms with E-state index in [0.29, 0.717) is 12.1 Å². The quantitative estimate of drug-likeness (QED) is 0.882. The van der Waals surface area contributed by atoms with Crippen LogP contribution in [-0.4, -0.2) is 22.9 Å². The summed E-state index contributed by atoms with van der Waals surface area (Å²) in [5.74, 6) is 0. The van der Waals surface area contributed by atoms with E-state index in [9.17, 15) is 9.90 Å². The molecule has 2 N–H and O–H groups in total. The van der Waals surface area contributed by atoms with Crippen LogP contribution in [0.3, 0.4) is 0 Å². The third-order valence-electron chi connectivity index (χ3n) is 2.47. The normalized spacial score (nSPS) is 12.9. The first-order valence-electron chi connectivity index (χ1n) is 6.45. The summed E-state index contributed by atoms with van der Waals surface area (Å²) in [6.45, 7) is 9.12. The topological polar surface area (TPSA) is 58.6 Å². The standard InChI is InChI=1S/C15H23NO3/c1-10-6-7-12(8-11(2)17)9-13(10)16-14(18)19-15(3,4)5/h6-7,9,11,17H,8H2,1-5H3,(H,16,18)/t11-/m0/s1. The Labute approximate surface area is 114 Å². The molecule has 19 heavy (non-hydrogen) atoms. The second kappa shape index (κ2) is 6.06. The highest BCUT2D eigenvalue weighted by atomic mass is 16.6. The first-order valence-corrected chi connectivity index (χ1v) is 6.45. The van der Waals surface area contributed by atoms with Crippen molar-refractivity contribution in [3.63, 3.8) is 0 Å². The van der Waals surface area contributed by atoms with Gasteiger partial charge in [0, 0.05) is 5.69 Å². The average molecular weight is 265 g/mol. The maximum atomic E-state index is 11.7. The van der Waals surface area contributed by atoms with Gasteiger partial charge in [-0.1, -0.05) is 12.1 Å². The third kappa shape index (κ3) is 5.75. The van der Waals surface area contributed by atoms with E-state index in [0.717, 1.165) is 11.1 Å². The lowest BCUT2D eigenvalue weighted by Crippen LogP contribution is -2.27. The van der Waals surface area contributed by atoms with E-state index >= 15 is 0 Å². The number of ether oxygens (including phenoxy) is 1. The Morgan fingerprint density at radius 2 is 2.05 bits per heavy atom. The molecule has 1 aromatic rings. The van der Waals surface area contributed by atoms with Gasteiger partial charge in [0.1, 0.15) is 5.60 Å². The van der Waals surface area contributed by atoms with Crippen molar-refractivity contribution in [2.45, 2.75) is 52.7 Å². The van der Waals surface area contributed by atoms with Crippen molar-refractivity contribution in [3.8, 4) is 0 Å². The number of rotatable bonds is 3. The number of aliphatic hydroxyl groups is 1. The number of hydrogen-bond acceptors (Lipinski definition) is 3. The van der Waals surface area contributed by atoms with Gasteiger partial charge in [0.25, 0.3) is 0 Å². The molecule has 1 atom stereocenters. The summed E-state index contributed by atoms with van der Waals surface area (Å²) in [5.41, 5.74) is 2.13. The SMILES string of the molecule is Cc1ccc(C[C@H](C)O)cc1NC(=O)OC(C)(C)C. The van der Waals surface area contributed by atoms with Crippen LogP contribution in [0.1, 0.15) is 38.8 Å². The second-order valence-electron chi connectivity index (χ2n) is 5.83. The number of carbonyl (C=O) groups excluding carboxylic acids is 1. The van der Waals surface area contributed by atoms with Crippen LogP contribution in [0.4, 0.5) is 10.5 Å². The van der Waals surface area contributed by atoms with Crippen LogP contribution in [0, 0.1) is 6.92 Å². The predicted molar refractivity (Wildman–Crippen MR) is 76.4 cm³/mol. The first kappa shape index (κ1) is 15.5. The Morgan fingerprint density at radius 1 is 1.42 bits per heavy atom. The molecule has 1 rings (SSSR count). The number of amides is 1. The van der Waals surface area contributed by atoms with E-state index in [-0.39, 0.29) is 0 Å². The van der Waals surface area contributed by atoms with Gasteiger partial charge in [0.05, 0.1) is 6.10 Å². The highest BCUT2D eigenvalue weighted by molar-refractivity contribution is 5.86. The van der Waals surface area contributed by atoms with Crippen LogP contribution in [0.5, 0.6) is 0 Å². The zero-order valence-corrected chi connectivity index (χ0v) is 12.3. The molecule has 0 aliphatic carbocycles. The van der Waals surface area contributed by atoms with Crippen molar-refractivity contribution in [2.24, 2.45) is 0 Å². The van der Waals surface area contributed by atoms with Crippen LogP contribution in [0.25, 0.3) is 0 Å². The van der Waals surface area contributed by atoms with Gasteiger partial charge in [-0.05, 0) is 58.2 Å². The molecule has 0 unspecified atom stereocenters. The molecule has 0 bridgehead atoms. The third-order valence-corrected chi connectivity index (χ3v) is 2.47.